The van der Waals surface area contributed by atoms with Gasteiger partial charge in [0.15, 0.2) is 0 Å². The van der Waals surface area contributed by atoms with Crippen LogP contribution in [0.3, 0.4) is 0 Å². The molecular formula is C21H22F2N2O2. The molecule has 2 aromatic rings. The van der Waals surface area contributed by atoms with Crippen LogP contribution in [-0.2, 0) is 16.8 Å². The molecule has 2 aliphatic rings. The quantitative estimate of drug-likeness (QED) is 0.846. The summed E-state index contributed by atoms with van der Waals surface area (Å²) < 4.78 is 32.9. The molecule has 1 aliphatic heterocycles. The Hall–Kier alpha value is -2.47. The molecule has 0 aromatic heterocycles. The van der Waals surface area contributed by atoms with Gasteiger partial charge in [-0.05, 0) is 54.6 Å². The van der Waals surface area contributed by atoms with Crippen molar-refractivity contribution in [1.82, 2.24) is 10.6 Å². The number of piperidine rings is 1. The molecule has 142 valence electrons. The molecular weight excluding hydrogens is 350 g/mol. The Balaban J connectivity index is 1.45. The highest BCUT2D eigenvalue weighted by Gasteiger charge is 2.65. The molecule has 1 heterocycles. The molecule has 1 saturated heterocycles. The summed E-state index contributed by atoms with van der Waals surface area (Å²) >= 11 is 0. The average Bonchev–Trinajstić information content (AvgIpc) is 3.34. The van der Waals surface area contributed by atoms with Crippen LogP contribution in [0.1, 0.15) is 17.5 Å². The number of halogens is 2. The molecule has 4 nitrogen and oxygen atoms in total. The summed E-state index contributed by atoms with van der Waals surface area (Å²) in [7, 11) is 0. The van der Waals surface area contributed by atoms with E-state index in [-0.39, 0.29) is 12.5 Å². The molecule has 2 aromatic carbocycles. The standard InChI is InChI=1S/C21H22F2N2O2/c22-16-8-15(9-17(23)10-16)21(18-6-7-24-11-19(18)21)13-25-20(26)27-12-14-4-2-1-3-5-14/h1-5,8-10,18-19,24H,6-7,11-13H2,(H,25,26)/t18-,19+,21+/m1/s1. The number of carbonyl (C=O) groups excluding carboxylic acids is 1. The lowest BCUT2D eigenvalue weighted by molar-refractivity contribution is 0.138. The fraction of sp³-hybridized carbons (Fsp3) is 0.381. The number of alkyl carbamates (subject to hydrolysis) is 1. The van der Waals surface area contributed by atoms with Gasteiger partial charge in [0, 0.05) is 18.0 Å². The first-order chi connectivity index (χ1) is 13.1. The number of rotatable bonds is 5. The van der Waals surface area contributed by atoms with Gasteiger partial charge in [-0.2, -0.15) is 0 Å². The minimum Gasteiger partial charge on any atom is -0.445 e. The first-order valence-corrected chi connectivity index (χ1v) is 9.21. The predicted molar refractivity (Wildman–Crippen MR) is 97.1 cm³/mol. The summed E-state index contributed by atoms with van der Waals surface area (Å²) in [6, 6.07) is 13.1. The molecule has 1 saturated carbocycles. The third kappa shape index (κ3) is 3.54. The maximum absolute atomic E-state index is 13.8. The molecule has 0 bridgehead atoms. The fourth-order valence-electron chi connectivity index (χ4n) is 4.51. The highest BCUT2D eigenvalue weighted by atomic mass is 19.1. The van der Waals surface area contributed by atoms with E-state index < -0.39 is 23.1 Å². The van der Waals surface area contributed by atoms with E-state index in [0.29, 0.717) is 18.0 Å². The van der Waals surface area contributed by atoms with Gasteiger partial charge in [-0.1, -0.05) is 30.3 Å². The first-order valence-electron chi connectivity index (χ1n) is 9.21. The number of carbonyl (C=O) groups is 1. The second-order valence-corrected chi connectivity index (χ2v) is 7.32. The van der Waals surface area contributed by atoms with Crippen LogP contribution >= 0.6 is 0 Å². The Labute approximate surface area is 156 Å². The van der Waals surface area contributed by atoms with Crippen LogP contribution in [0.25, 0.3) is 0 Å². The normalized spacial score (nSPS) is 26.1. The summed E-state index contributed by atoms with van der Waals surface area (Å²) in [6.45, 7) is 2.14. The van der Waals surface area contributed by atoms with Gasteiger partial charge < -0.3 is 15.4 Å². The molecule has 27 heavy (non-hydrogen) atoms. The SMILES string of the molecule is O=C(NC[C@]1(c2cc(F)cc(F)c2)[C@@H]2CCNC[C@@H]21)OCc1ccccc1. The number of fused-ring (bicyclic) bond motifs is 1. The molecule has 0 unspecified atom stereocenters. The van der Waals surface area contributed by atoms with Gasteiger partial charge in [0.05, 0.1) is 0 Å². The highest BCUT2D eigenvalue weighted by Crippen LogP contribution is 2.62. The van der Waals surface area contributed by atoms with E-state index in [0.717, 1.165) is 31.1 Å². The molecule has 3 atom stereocenters. The Morgan fingerprint density at radius 2 is 1.89 bits per heavy atom. The van der Waals surface area contributed by atoms with E-state index in [1.54, 1.807) is 0 Å². The zero-order chi connectivity index (χ0) is 18.9. The van der Waals surface area contributed by atoms with Crippen LogP contribution in [0, 0.1) is 23.5 Å². The van der Waals surface area contributed by atoms with Crippen molar-refractivity contribution in [3.63, 3.8) is 0 Å². The molecule has 2 fully saturated rings. The lowest BCUT2D eigenvalue weighted by Gasteiger charge is -2.20. The molecule has 6 heteroatoms. The van der Waals surface area contributed by atoms with Gasteiger partial charge in [-0.15, -0.1) is 0 Å². The first kappa shape index (κ1) is 17.9. The number of amides is 1. The maximum Gasteiger partial charge on any atom is 0.407 e. The van der Waals surface area contributed by atoms with Gasteiger partial charge in [0.1, 0.15) is 18.2 Å². The minimum absolute atomic E-state index is 0.183. The molecule has 4 rings (SSSR count). The van der Waals surface area contributed by atoms with Crippen LogP contribution in [0.5, 0.6) is 0 Å². The van der Waals surface area contributed by atoms with Crippen LogP contribution in [0.4, 0.5) is 13.6 Å². The fourth-order valence-corrected chi connectivity index (χ4v) is 4.51. The third-order valence-corrected chi connectivity index (χ3v) is 5.83. The van der Waals surface area contributed by atoms with E-state index in [9.17, 15) is 13.6 Å². The van der Waals surface area contributed by atoms with Crippen LogP contribution in [0.15, 0.2) is 48.5 Å². The van der Waals surface area contributed by atoms with Gasteiger partial charge in [0.2, 0.25) is 0 Å². The van der Waals surface area contributed by atoms with Crippen molar-refractivity contribution in [3.8, 4) is 0 Å². The summed E-state index contributed by atoms with van der Waals surface area (Å²) in [5.74, 6) is -0.628. The van der Waals surface area contributed by atoms with Gasteiger partial charge >= 0.3 is 6.09 Å². The Morgan fingerprint density at radius 3 is 2.56 bits per heavy atom. The molecule has 1 aliphatic carbocycles. The van der Waals surface area contributed by atoms with Crippen molar-refractivity contribution < 1.29 is 18.3 Å². The molecule has 1 amide bonds. The third-order valence-electron chi connectivity index (χ3n) is 5.83. The zero-order valence-electron chi connectivity index (χ0n) is 14.9. The smallest absolute Gasteiger partial charge is 0.407 e. The van der Waals surface area contributed by atoms with Crippen molar-refractivity contribution in [1.29, 1.82) is 0 Å². The highest BCUT2D eigenvalue weighted by molar-refractivity contribution is 5.67. The van der Waals surface area contributed by atoms with Gasteiger partial charge in [0.25, 0.3) is 0 Å². The van der Waals surface area contributed by atoms with E-state index >= 15 is 0 Å². The largest absolute Gasteiger partial charge is 0.445 e. The second-order valence-electron chi connectivity index (χ2n) is 7.32. The number of nitrogens with one attached hydrogen (secondary N) is 2. The average molecular weight is 372 g/mol. The van der Waals surface area contributed by atoms with Gasteiger partial charge in [-0.25, -0.2) is 13.6 Å². The Bertz CT molecular complexity index is 796. The number of benzene rings is 2. The van der Waals surface area contributed by atoms with Crippen LogP contribution < -0.4 is 10.6 Å². The maximum atomic E-state index is 13.8. The van der Waals surface area contributed by atoms with Gasteiger partial charge in [-0.3, -0.25) is 0 Å². The van der Waals surface area contributed by atoms with Crippen molar-refractivity contribution in [2.75, 3.05) is 19.6 Å². The van der Waals surface area contributed by atoms with Crippen molar-refractivity contribution >= 4 is 6.09 Å². The van der Waals surface area contributed by atoms with E-state index in [4.69, 9.17) is 4.74 Å². The monoisotopic (exact) mass is 372 g/mol. The zero-order valence-corrected chi connectivity index (χ0v) is 14.9. The Morgan fingerprint density at radius 1 is 1.15 bits per heavy atom. The Kier molecular flexibility index (Phi) is 4.83. The number of hydrogen-bond acceptors (Lipinski definition) is 3. The van der Waals surface area contributed by atoms with Crippen LogP contribution in [-0.4, -0.2) is 25.7 Å². The van der Waals surface area contributed by atoms with Crippen molar-refractivity contribution in [3.05, 3.63) is 71.3 Å². The second kappa shape index (κ2) is 7.27. The van der Waals surface area contributed by atoms with E-state index in [1.165, 1.54) is 12.1 Å². The summed E-state index contributed by atoms with van der Waals surface area (Å²) in [4.78, 5) is 12.2. The van der Waals surface area contributed by atoms with Crippen LogP contribution in [0.2, 0.25) is 0 Å². The van der Waals surface area contributed by atoms with E-state index in [2.05, 4.69) is 10.6 Å². The molecule has 0 radical (unpaired) electrons. The molecule has 2 N–H and O–H groups in total. The summed E-state index contributed by atoms with van der Waals surface area (Å²) in [5, 5.41) is 6.15. The lowest BCUT2D eigenvalue weighted by Crippen LogP contribution is -2.35. The molecule has 0 spiro atoms. The lowest BCUT2D eigenvalue weighted by atomic mass is 9.90. The topological polar surface area (TPSA) is 50.4 Å². The summed E-state index contributed by atoms with van der Waals surface area (Å²) in [5.41, 5.74) is 1.07. The summed E-state index contributed by atoms with van der Waals surface area (Å²) in [6.07, 6.45) is 0.399. The van der Waals surface area contributed by atoms with Crippen molar-refractivity contribution in [2.45, 2.75) is 18.4 Å². The van der Waals surface area contributed by atoms with Crippen molar-refractivity contribution in [2.24, 2.45) is 11.8 Å². The van der Waals surface area contributed by atoms with E-state index in [1.807, 2.05) is 30.3 Å². The number of ether oxygens (including phenoxy) is 1. The minimum atomic E-state index is -0.590. The number of hydrogen-bond donors (Lipinski definition) is 2. The predicted octanol–water partition coefficient (Wildman–Crippen LogP) is 3.37.